The van der Waals surface area contributed by atoms with Crippen molar-refractivity contribution in [1.29, 1.82) is 0 Å². The summed E-state index contributed by atoms with van der Waals surface area (Å²) in [6, 6.07) is 7.57. The lowest BCUT2D eigenvalue weighted by Gasteiger charge is -2.34. The highest BCUT2D eigenvalue weighted by Gasteiger charge is 2.37. The minimum atomic E-state index is -1.03. The van der Waals surface area contributed by atoms with Gasteiger partial charge in [0.05, 0.1) is 26.9 Å². The summed E-state index contributed by atoms with van der Waals surface area (Å²) in [6.45, 7) is 0. The number of phenols is 5. The van der Waals surface area contributed by atoms with Crippen LogP contribution in [0.5, 0.6) is 51.7 Å². The highest BCUT2D eigenvalue weighted by atomic mass is 16.6. The van der Waals surface area contributed by atoms with Crippen LogP contribution in [-0.2, 0) is 11.2 Å². The Kier molecular flexibility index (Phi) is 6.47. The number of methoxy groups -OCH3 is 3. The van der Waals surface area contributed by atoms with Crippen molar-refractivity contribution in [2.45, 2.75) is 18.6 Å². The molecule has 11 nitrogen and oxygen atoms in total. The zero-order valence-corrected chi connectivity index (χ0v) is 19.5. The first-order valence-corrected chi connectivity index (χ1v) is 10.6. The van der Waals surface area contributed by atoms with Gasteiger partial charge in [-0.15, -0.1) is 0 Å². The van der Waals surface area contributed by atoms with Gasteiger partial charge < -0.3 is 49.2 Å². The molecule has 0 saturated carbocycles. The van der Waals surface area contributed by atoms with E-state index in [-0.39, 0.29) is 29.2 Å². The molecule has 11 heteroatoms. The van der Waals surface area contributed by atoms with E-state index in [1.54, 1.807) is 12.1 Å². The Morgan fingerprint density at radius 2 is 1.44 bits per heavy atom. The molecule has 0 aliphatic carbocycles. The minimum Gasteiger partial charge on any atom is -0.508 e. The summed E-state index contributed by atoms with van der Waals surface area (Å²) in [5.74, 6) is -2.46. The maximum absolute atomic E-state index is 12.9. The van der Waals surface area contributed by atoms with Crippen LogP contribution in [0.25, 0.3) is 0 Å². The van der Waals surface area contributed by atoms with Crippen molar-refractivity contribution in [3.63, 3.8) is 0 Å². The van der Waals surface area contributed by atoms with E-state index in [1.165, 1.54) is 27.4 Å². The van der Waals surface area contributed by atoms with E-state index in [1.807, 2.05) is 0 Å². The molecule has 1 unspecified atom stereocenters. The van der Waals surface area contributed by atoms with Crippen LogP contribution in [0, 0.1) is 0 Å². The number of carbonyl (C=O) groups is 1. The molecule has 3 aromatic rings. The van der Waals surface area contributed by atoms with Crippen molar-refractivity contribution in [3.8, 4) is 51.7 Å². The third-order valence-corrected chi connectivity index (χ3v) is 5.75. The van der Waals surface area contributed by atoms with Gasteiger partial charge in [0.15, 0.2) is 34.9 Å². The number of fused-ring (bicyclic) bond motifs is 1. The van der Waals surface area contributed by atoms with Crippen molar-refractivity contribution in [2.24, 2.45) is 0 Å². The minimum absolute atomic E-state index is 0.00936. The van der Waals surface area contributed by atoms with Gasteiger partial charge in [-0.25, -0.2) is 4.79 Å². The van der Waals surface area contributed by atoms with Gasteiger partial charge in [0, 0.05) is 29.7 Å². The molecule has 0 spiro atoms. The van der Waals surface area contributed by atoms with Gasteiger partial charge in [-0.3, -0.25) is 0 Å². The van der Waals surface area contributed by atoms with Crippen LogP contribution in [0.2, 0.25) is 0 Å². The van der Waals surface area contributed by atoms with Gasteiger partial charge >= 0.3 is 5.97 Å². The quantitative estimate of drug-likeness (QED) is 0.249. The second-order valence-corrected chi connectivity index (χ2v) is 7.95. The molecule has 2 atom stereocenters. The average molecular weight is 500 g/mol. The van der Waals surface area contributed by atoms with Gasteiger partial charge in [-0.05, 0) is 24.3 Å². The molecular formula is C25H24O11. The molecule has 1 aliphatic heterocycles. The van der Waals surface area contributed by atoms with Crippen LogP contribution < -0.4 is 18.9 Å². The Bertz CT molecular complexity index is 1270. The number of phenolic OH excluding ortho intramolecular Hbond substituents is 5. The zero-order valence-electron chi connectivity index (χ0n) is 19.5. The molecule has 5 N–H and O–H groups in total. The van der Waals surface area contributed by atoms with E-state index in [0.29, 0.717) is 28.4 Å². The summed E-state index contributed by atoms with van der Waals surface area (Å²) in [6.07, 6.45) is -2.00. The third-order valence-electron chi connectivity index (χ3n) is 5.75. The van der Waals surface area contributed by atoms with Crippen molar-refractivity contribution < 1.29 is 54.0 Å². The van der Waals surface area contributed by atoms with E-state index in [2.05, 4.69) is 0 Å². The number of ether oxygens (including phenoxy) is 5. The van der Waals surface area contributed by atoms with E-state index in [9.17, 15) is 30.3 Å². The first-order valence-electron chi connectivity index (χ1n) is 10.6. The van der Waals surface area contributed by atoms with E-state index >= 15 is 0 Å². The van der Waals surface area contributed by atoms with Crippen LogP contribution in [-0.4, -0.2) is 58.9 Å². The normalized spacial score (nSPS) is 16.4. The molecule has 36 heavy (non-hydrogen) atoms. The molecule has 0 bridgehead atoms. The highest BCUT2D eigenvalue weighted by molar-refractivity contribution is 5.91. The Morgan fingerprint density at radius 3 is 2.00 bits per heavy atom. The molecule has 0 radical (unpaired) electrons. The topological polar surface area (TPSA) is 164 Å². The standard InChI is InChI=1S/C25H24O11/c1-32-19-6-11(7-20(33-2)24(19)34-3)23-21(10-14-15(27)8-13(26)9-18(14)35-23)36-25(31)12-4-16(28)22(30)17(29)5-12/h4-9,21,23,26-30H,10H2,1-3H3/t21-,23?/m1/s1. The molecule has 3 aromatic carbocycles. The zero-order chi connectivity index (χ0) is 26.1. The summed E-state index contributed by atoms with van der Waals surface area (Å²) >= 11 is 0. The van der Waals surface area contributed by atoms with Gasteiger partial charge in [-0.1, -0.05) is 0 Å². The predicted octanol–water partition coefficient (Wildman–Crippen LogP) is 3.14. The molecule has 1 aliphatic rings. The van der Waals surface area contributed by atoms with Gasteiger partial charge in [0.2, 0.25) is 5.75 Å². The van der Waals surface area contributed by atoms with E-state index in [4.69, 9.17) is 23.7 Å². The highest BCUT2D eigenvalue weighted by Crippen LogP contribution is 2.46. The lowest BCUT2D eigenvalue weighted by molar-refractivity contribution is -0.0189. The molecule has 0 fully saturated rings. The van der Waals surface area contributed by atoms with Crippen LogP contribution in [0.15, 0.2) is 36.4 Å². The molecule has 190 valence electrons. The van der Waals surface area contributed by atoms with Crippen molar-refractivity contribution in [2.75, 3.05) is 21.3 Å². The molecule has 1 heterocycles. The van der Waals surface area contributed by atoms with Gasteiger partial charge in [0.25, 0.3) is 0 Å². The summed E-state index contributed by atoms with van der Waals surface area (Å²) in [4.78, 5) is 12.9. The van der Waals surface area contributed by atoms with E-state index in [0.717, 1.165) is 18.2 Å². The van der Waals surface area contributed by atoms with E-state index < -0.39 is 35.4 Å². The molecule has 4 rings (SSSR count). The van der Waals surface area contributed by atoms with Crippen LogP contribution in [0.1, 0.15) is 27.6 Å². The smallest absolute Gasteiger partial charge is 0.338 e. The fourth-order valence-corrected chi connectivity index (χ4v) is 4.03. The summed E-state index contributed by atoms with van der Waals surface area (Å²) in [5.41, 5.74) is 0.532. The Labute approximate surface area is 205 Å². The Hall–Kier alpha value is -4.67. The van der Waals surface area contributed by atoms with Gasteiger partial charge in [0.1, 0.15) is 23.4 Å². The number of carbonyl (C=O) groups excluding carboxylic acids is 1. The fourth-order valence-electron chi connectivity index (χ4n) is 4.03. The van der Waals surface area contributed by atoms with Crippen LogP contribution in [0.4, 0.5) is 0 Å². The maximum atomic E-state index is 12.9. The molecule has 0 saturated heterocycles. The lowest BCUT2D eigenvalue weighted by atomic mass is 9.93. The predicted molar refractivity (Wildman–Crippen MR) is 124 cm³/mol. The third kappa shape index (κ3) is 4.38. The number of hydrogen-bond donors (Lipinski definition) is 5. The van der Waals surface area contributed by atoms with Crippen molar-refractivity contribution in [1.82, 2.24) is 0 Å². The SMILES string of the molecule is COc1cc(C2Oc3cc(O)cc(O)c3C[C@H]2OC(=O)c2cc(O)c(O)c(O)c2)cc(OC)c1OC. The largest absolute Gasteiger partial charge is 0.508 e. The second-order valence-electron chi connectivity index (χ2n) is 7.95. The maximum Gasteiger partial charge on any atom is 0.338 e. The summed E-state index contributed by atoms with van der Waals surface area (Å²) < 4.78 is 28.0. The second kappa shape index (κ2) is 9.53. The molecule has 0 amide bonds. The number of hydrogen-bond acceptors (Lipinski definition) is 11. The first-order chi connectivity index (χ1) is 17.2. The van der Waals surface area contributed by atoms with Crippen LogP contribution >= 0.6 is 0 Å². The summed E-state index contributed by atoms with van der Waals surface area (Å²) in [7, 11) is 4.33. The fraction of sp³-hybridized carbons (Fsp3) is 0.240. The van der Waals surface area contributed by atoms with Crippen molar-refractivity contribution >= 4 is 5.97 Å². The number of benzene rings is 3. The Morgan fingerprint density at radius 1 is 0.833 bits per heavy atom. The summed E-state index contributed by atoms with van der Waals surface area (Å²) in [5, 5.41) is 49.5. The number of rotatable bonds is 6. The molecule has 0 aromatic heterocycles. The lowest BCUT2D eigenvalue weighted by Crippen LogP contribution is -2.34. The first kappa shape index (κ1) is 24.5. The van der Waals surface area contributed by atoms with Crippen molar-refractivity contribution in [3.05, 3.63) is 53.1 Å². The van der Waals surface area contributed by atoms with Crippen LogP contribution in [0.3, 0.4) is 0 Å². The monoisotopic (exact) mass is 500 g/mol. The average Bonchev–Trinajstić information content (AvgIpc) is 2.85. The molecular weight excluding hydrogens is 476 g/mol. The number of esters is 1. The Balaban J connectivity index is 1.78. The van der Waals surface area contributed by atoms with Gasteiger partial charge in [-0.2, -0.15) is 0 Å². The number of aromatic hydroxyl groups is 5.